The summed E-state index contributed by atoms with van der Waals surface area (Å²) in [5.74, 6) is -0.991. The Hall–Kier alpha value is -1.88. The number of hydrogen-bond acceptors (Lipinski definition) is 3. The van der Waals surface area contributed by atoms with Crippen LogP contribution in [0.3, 0.4) is 0 Å². The van der Waals surface area contributed by atoms with Gasteiger partial charge in [-0.25, -0.2) is 4.79 Å². The summed E-state index contributed by atoms with van der Waals surface area (Å²) in [6.07, 6.45) is 0. The first-order valence-corrected chi connectivity index (χ1v) is 6.12. The van der Waals surface area contributed by atoms with E-state index in [1.807, 2.05) is 13.8 Å². The third-order valence-corrected chi connectivity index (χ3v) is 2.97. The fourth-order valence-corrected chi connectivity index (χ4v) is 1.81. The molecule has 0 aliphatic carbocycles. The Balaban J connectivity index is 2.64. The van der Waals surface area contributed by atoms with Crippen LogP contribution in [0.1, 0.15) is 29.8 Å². The molecule has 3 N–H and O–H groups in total. The summed E-state index contributed by atoms with van der Waals surface area (Å²) in [5, 5.41) is 14.8. The second-order valence-electron chi connectivity index (χ2n) is 5.03. The molecule has 0 aromatic heterocycles. The molecule has 0 saturated heterocycles. The maximum atomic E-state index is 11.6. The summed E-state index contributed by atoms with van der Waals surface area (Å²) in [6, 6.07) is 6.83. The number of hydrogen-bond donors (Lipinski definition) is 3. The van der Waals surface area contributed by atoms with Gasteiger partial charge in [0, 0.05) is 20.1 Å². The summed E-state index contributed by atoms with van der Waals surface area (Å²) in [6.45, 7) is 4.56. The standard InChI is InChI=1S/C14H20N2O3/c1-14(2,13(19)15-3)9-16-8-10-6-4-5-7-11(10)12(17)18/h4-7,16H,8-9H2,1-3H3,(H,15,19)(H,17,18). The summed E-state index contributed by atoms with van der Waals surface area (Å²) in [5.41, 5.74) is 0.461. The topological polar surface area (TPSA) is 78.4 Å². The highest BCUT2D eigenvalue weighted by Crippen LogP contribution is 2.14. The van der Waals surface area contributed by atoms with Gasteiger partial charge in [0.25, 0.3) is 0 Å². The predicted octanol–water partition coefficient (Wildman–Crippen LogP) is 1.25. The normalized spacial score (nSPS) is 11.1. The van der Waals surface area contributed by atoms with Gasteiger partial charge in [0.2, 0.25) is 5.91 Å². The fraction of sp³-hybridized carbons (Fsp3) is 0.429. The molecule has 0 aliphatic rings. The minimum absolute atomic E-state index is 0.0495. The van der Waals surface area contributed by atoms with E-state index in [-0.39, 0.29) is 11.5 Å². The van der Waals surface area contributed by atoms with Crippen molar-refractivity contribution in [3.63, 3.8) is 0 Å². The lowest BCUT2D eigenvalue weighted by atomic mass is 9.92. The van der Waals surface area contributed by atoms with Crippen molar-refractivity contribution in [2.45, 2.75) is 20.4 Å². The van der Waals surface area contributed by atoms with Crippen molar-refractivity contribution in [2.24, 2.45) is 5.41 Å². The number of carbonyl (C=O) groups excluding carboxylic acids is 1. The van der Waals surface area contributed by atoms with Crippen molar-refractivity contribution in [1.29, 1.82) is 0 Å². The molecule has 0 spiro atoms. The Bertz CT molecular complexity index is 470. The zero-order valence-electron chi connectivity index (χ0n) is 11.5. The largest absolute Gasteiger partial charge is 0.478 e. The molecule has 1 aromatic carbocycles. The minimum atomic E-state index is -0.942. The molecule has 0 atom stereocenters. The van der Waals surface area contributed by atoms with Crippen LogP contribution in [-0.4, -0.2) is 30.6 Å². The molecule has 0 heterocycles. The van der Waals surface area contributed by atoms with Gasteiger partial charge in [-0.05, 0) is 25.5 Å². The van der Waals surface area contributed by atoms with Crippen LogP contribution in [-0.2, 0) is 11.3 Å². The average molecular weight is 264 g/mol. The number of carboxylic acid groups (broad SMARTS) is 1. The van der Waals surface area contributed by atoms with E-state index in [0.717, 1.165) is 0 Å². The van der Waals surface area contributed by atoms with E-state index in [1.165, 1.54) is 0 Å². The lowest BCUT2D eigenvalue weighted by molar-refractivity contribution is -0.128. The van der Waals surface area contributed by atoms with Crippen molar-refractivity contribution in [3.05, 3.63) is 35.4 Å². The van der Waals surface area contributed by atoms with E-state index >= 15 is 0 Å². The Morgan fingerprint density at radius 3 is 2.47 bits per heavy atom. The van der Waals surface area contributed by atoms with Crippen molar-refractivity contribution in [1.82, 2.24) is 10.6 Å². The zero-order chi connectivity index (χ0) is 14.5. The van der Waals surface area contributed by atoms with Crippen LogP contribution in [0.25, 0.3) is 0 Å². The molecular weight excluding hydrogens is 244 g/mol. The van der Waals surface area contributed by atoms with Gasteiger partial charge in [-0.15, -0.1) is 0 Å². The minimum Gasteiger partial charge on any atom is -0.478 e. The fourth-order valence-electron chi connectivity index (χ4n) is 1.81. The third kappa shape index (κ3) is 4.06. The van der Waals surface area contributed by atoms with Crippen LogP contribution in [0, 0.1) is 5.41 Å². The Morgan fingerprint density at radius 2 is 1.89 bits per heavy atom. The highest BCUT2D eigenvalue weighted by Gasteiger charge is 2.25. The van der Waals surface area contributed by atoms with Gasteiger partial charge in [0.1, 0.15) is 0 Å². The Labute approximate surface area is 113 Å². The molecular formula is C14H20N2O3. The highest BCUT2D eigenvalue weighted by atomic mass is 16.4. The van der Waals surface area contributed by atoms with Crippen LogP contribution in [0.2, 0.25) is 0 Å². The van der Waals surface area contributed by atoms with Gasteiger partial charge in [-0.3, -0.25) is 4.79 Å². The van der Waals surface area contributed by atoms with Gasteiger partial charge in [-0.2, -0.15) is 0 Å². The predicted molar refractivity (Wildman–Crippen MR) is 73.0 cm³/mol. The molecule has 0 unspecified atom stereocenters. The lowest BCUT2D eigenvalue weighted by Crippen LogP contribution is -2.41. The van der Waals surface area contributed by atoms with Crippen LogP contribution in [0.15, 0.2) is 24.3 Å². The van der Waals surface area contributed by atoms with Crippen molar-refractivity contribution >= 4 is 11.9 Å². The number of amides is 1. The maximum Gasteiger partial charge on any atom is 0.336 e. The molecule has 1 aromatic rings. The molecule has 0 fully saturated rings. The lowest BCUT2D eigenvalue weighted by Gasteiger charge is -2.23. The van der Waals surface area contributed by atoms with E-state index in [9.17, 15) is 9.59 Å². The van der Waals surface area contributed by atoms with E-state index in [4.69, 9.17) is 5.11 Å². The van der Waals surface area contributed by atoms with E-state index in [1.54, 1.807) is 31.3 Å². The molecule has 5 heteroatoms. The Morgan fingerprint density at radius 1 is 1.26 bits per heavy atom. The van der Waals surface area contributed by atoms with Gasteiger partial charge in [0.05, 0.1) is 11.0 Å². The number of carbonyl (C=O) groups is 2. The number of aromatic carboxylic acids is 1. The summed E-state index contributed by atoms with van der Waals surface area (Å²) in [7, 11) is 1.60. The van der Waals surface area contributed by atoms with Crippen molar-refractivity contribution in [2.75, 3.05) is 13.6 Å². The highest BCUT2D eigenvalue weighted by molar-refractivity contribution is 5.89. The van der Waals surface area contributed by atoms with Crippen LogP contribution in [0.4, 0.5) is 0 Å². The first-order valence-electron chi connectivity index (χ1n) is 6.12. The average Bonchev–Trinajstić information content (AvgIpc) is 2.37. The Kier molecular flexibility index (Phi) is 5.06. The number of carboxylic acids is 1. The van der Waals surface area contributed by atoms with Gasteiger partial charge < -0.3 is 15.7 Å². The third-order valence-electron chi connectivity index (χ3n) is 2.97. The molecule has 1 amide bonds. The van der Waals surface area contributed by atoms with Crippen molar-refractivity contribution < 1.29 is 14.7 Å². The van der Waals surface area contributed by atoms with Gasteiger partial charge >= 0.3 is 5.97 Å². The summed E-state index contributed by atoms with van der Waals surface area (Å²) >= 11 is 0. The smallest absolute Gasteiger partial charge is 0.336 e. The molecule has 0 saturated carbocycles. The van der Waals surface area contributed by atoms with Crippen molar-refractivity contribution in [3.8, 4) is 0 Å². The van der Waals surface area contributed by atoms with E-state index in [2.05, 4.69) is 10.6 Å². The zero-order valence-corrected chi connectivity index (χ0v) is 11.5. The SMILES string of the molecule is CNC(=O)C(C)(C)CNCc1ccccc1C(=O)O. The molecule has 19 heavy (non-hydrogen) atoms. The van der Waals surface area contributed by atoms with E-state index in [0.29, 0.717) is 18.7 Å². The number of rotatable bonds is 6. The maximum absolute atomic E-state index is 11.6. The molecule has 1 rings (SSSR count). The quantitative estimate of drug-likeness (QED) is 0.722. The first-order chi connectivity index (χ1) is 8.88. The molecule has 0 bridgehead atoms. The van der Waals surface area contributed by atoms with E-state index < -0.39 is 11.4 Å². The van der Waals surface area contributed by atoms with Gasteiger partial charge in [0.15, 0.2) is 0 Å². The number of benzene rings is 1. The second-order valence-corrected chi connectivity index (χ2v) is 5.03. The van der Waals surface area contributed by atoms with Gasteiger partial charge in [-0.1, -0.05) is 18.2 Å². The first kappa shape index (κ1) is 15.2. The number of nitrogens with one attached hydrogen (secondary N) is 2. The molecule has 0 aliphatic heterocycles. The van der Waals surface area contributed by atoms with Crippen LogP contribution >= 0.6 is 0 Å². The van der Waals surface area contributed by atoms with Crippen LogP contribution < -0.4 is 10.6 Å². The summed E-state index contributed by atoms with van der Waals surface area (Å²) < 4.78 is 0. The molecule has 104 valence electrons. The summed E-state index contributed by atoms with van der Waals surface area (Å²) in [4.78, 5) is 22.7. The molecule has 0 radical (unpaired) electrons. The van der Waals surface area contributed by atoms with Crippen LogP contribution in [0.5, 0.6) is 0 Å². The monoisotopic (exact) mass is 264 g/mol. The second kappa shape index (κ2) is 6.33. The molecule has 5 nitrogen and oxygen atoms in total.